The number of ether oxygens (including phenoxy) is 1. The summed E-state index contributed by atoms with van der Waals surface area (Å²) in [6.07, 6.45) is 4.12. The number of rotatable bonds is 4. The minimum atomic E-state index is -0.523. The zero-order valence-corrected chi connectivity index (χ0v) is 13.3. The molecule has 1 aliphatic rings. The van der Waals surface area contributed by atoms with E-state index < -0.39 is 6.04 Å². The normalized spacial score (nSPS) is 19.6. The number of benzene rings is 1. The van der Waals surface area contributed by atoms with Crippen molar-refractivity contribution in [3.8, 4) is 0 Å². The van der Waals surface area contributed by atoms with Gasteiger partial charge in [0.2, 0.25) is 5.91 Å². The lowest BCUT2D eigenvalue weighted by Gasteiger charge is -2.34. The van der Waals surface area contributed by atoms with Crippen LogP contribution in [0.15, 0.2) is 42.7 Å². The molecule has 1 amide bonds. The smallest absolute Gasteiger partial charge is 0.240 e. The van der Waals surface area contributed by atoms with Gasteiger partial charge < -0.3 is 15.4 Å². The van der Waals surface area contributed by atoms with Gasteiger partial charge in [-0.05, 0) is 12.0 Å². The fourth-order valence-corrected chi connectivity index (χ4v) is 2.85. The molecule has 2 atom stereocenters. The van der Waals surface area contributed by atoms with Crippen LogP contribution in [0, 0.1) is 0 Å². The van der Waals surface area contributed by atoms with Crippen LogP contribution in [0.1, 0.15) is 17.2 Å². The molecule has 2 aromatic rings. The van der Waals surface area contributed by atoms with Gasteiger partial charge in [-0.25, -0.2) is 0 Å². The molecule has 2 N–H and O–H groups in total. The number of aryl methyl sites for hydroxylation is 1. The maximum atomic E-state index is 12.6. The summed E-state index contributed by atoms with van der Waals surface area (Å²) < 4.78 is 7.50. The number of carbonyl (C=O) groups is 1. The van der Waals surface area contributed by atoms with Crippen LogP contribution < -0.4 is 5.73 Å². The van der Waals surface area contributed by atoms with Gasteiger partial charge in [0.25, 0.3) is 0 Å². The molecule has 1 aliphatic heterocycles. The predicted octanol–water partition coefficient (Wildman–Crippen LogP) is 0.890. The van der Waals surface area contributed by atoms with Crippen molar-refractivity contribution in [3.05, 3.63) is 53.9 Å². The molecule has 6 nitrogen and oxygen atoms in total. The van der Waals surface area contributed by atoms with Crippen molar-refractivity contribution in [2.75, 3.05) is 19.7 Å². The average molecular weight is 314 g/mol. The van der Waals surface area contributed by atoms with Crippen molar-refractivity contribution >= 4 is 5.91 Å². The number of hydrogen-bond acceptors (Lipinski definition) is 4. The van der Waals surface area contributed by atoms with E-state index in [1.165, 1.54) is 0 Å². The van der Waals surface area contributed by atoms with Gasteiger partial charge in [-0.2, -0.15) is 5.10 Å². The zero-order valence-electron chi connectivity index (χ0n) is 13.3. The van der Waals surface area contributed by atoms with Crippen LogP contribution in [0.3, 0.4) is 0 Å². The molecule has 1 saturated heterocycles. The van der Waals surface area contributed by atoms with E-state index in [0.29, 0.717) is 26.1 Å². The molecule has 23 heavy (non-hydrogen) atoms. The Bertz CT molecular complexity index is 656. The highest BCUT2D eigenvalue weighted by atomic mass is 16.5. The lowest BCUT2D eigenvalue weighted by atomic mass is 10.0. The third-order valence-corrected chi connectivity index (χ3v) is 4.09. The molecule has 6 heteroatoms. The number of morpholine rings is 1. The first-order chi connectivity index (χ1) is 11.1. The summed E-state index contributed by atoms with van der Waals surface area (Å²) in [5, 5.41) is 4.16. The summed E-state index contributed by atoms with van der Waals surface area (Å²) >= 11 is 0. The van der Waals surface area contributed by atoms with Crippen LogP contribution in [0.25, 0.3) is 0 Å². The molecule has 1 fully saturated rings. The van der Waals surface area contributed by atoms with Crippen molar-refractivity contribution in [2.24, 2.45) is 12.8 Å². The quantitative estimate of drug-likeness (QED) is 0.909. The van der Waals surface area contributed by atoms with Crippen LogP contribution in [0.2, 0.25) is 0 Å². The summed E-state index contributed by atoms with van der Waals surface area (Å²) in [5.74, 6) is -0.0222. The van der Waals surface area contributed by atoms with Crippen molar-refractivity contribution < 1.29 is 9.53 Å². The first-order valence-electron chi connectivity index (χ1n) is 7.82. The minimum absolute atomic E-state index is 0.0222. The van der Waals surface area contributed by atoms with E-state index in [1.807, 2.05) is 43.6 Å². The van der Waals surface area contributed by atoms with Gasteiger partial charge in [-0.3, -0.25) is 9.48 Å². The Labute approximate surface area is 135 Å². The second-order valence-electron chi connectivity index (χ2n) is 5.89. The Morgan fingerprint density at radius 3 is 2.91 bits per heavy atom. The van der Waals surface area contributed by atoms with Gasteiger partial charge in [0.15, 0.2) is 0 Å². The monoisotopic (exact) mass is 314 g/mol. The van der Waals surface area contributed by atoms with Gasteiger partial charge in [0, 0.05) is 25.4 Å². The van der Waals surface area contributed by atoms with E-state index in [2.05, 4.69) is 5.10 Å². The molecule has 0 saturated carbocycles. The Morgan fingerprint density at radius 2 is 2.22 bits per heavy atom. The van der Waals surface area contributed by atoms with Gasteiger partial charge in [-0.15, -0.1) is 0 Å². The summed E-state index contributed by atoms with van der Waals surface area (Å²) in [6, 6.07) is 9.33. The number of nitrogens with zero attached hydrogens (tertiary/aromatic N) is 3. The van der Waals surface area contributed by atoms with Gasteiger partial charge in [-0.1, -0.05) is 30.3 Å². The molecule has 3 rings (SSSR count). The Hall–Kier alpha value is -2.18. The third kappa shape index (κ3) is 3.78. The highest BCUT2D eigenvalue weighted by Gasteiger charge is 2.29. The van der Waals surface area contributed by atoms with E-state index in [0.717, 1.165) is 11.1 Å². The molecule has 0 spiro atoms. The highest BCUT2D eigenvalue weighted by molar-refractivity contribution is 5.82. The van der Waals surface area contributed by atoms with Crippen molar-refractivity contribution in [1.82, 2.24) is 14.7 Å². The van der Waals surface area contributed by atoms with Crippen LogP contribution in [0.5, 0.6) is 0 Å². The summed E-state index contributed by atoms with van der Waals surface area (Å²) in [6.45, 7) is 1.62. The van der Waals surface area contributed by atoms with Crippen LogP contribution >= 0.6 is 0 Å². The molecule has 0 aliphatic carbocycles. The molecule has 0 bridgehead atoms. The second-order valence-corrected chi connectivity index (χ2v) is 5.89. The summed E-state index contributed by atoms with van der Waals surface area (Å²) in [4.78, 5) is 14.4. The third-order valence-electron chi connectivity index (χ3n) is 4.09. The maximum Gasteiger partial charge on any atom is 0.240 e. The van der Waals surface area contributed by atoms with E-state index >= 15 is 0 Å². The fraction of sp³-hybridized carbons (Fsp3) is 0.412. The van der Waals surface area contributed by atoms with Crippen molar-refractivity contribution in [2.45, 2.75) is 18.6 Å². The lowest BCUT2D eigenvalue weighted by molar-refractivity contribution is -0.140. The number of aromatic nitrogens is 2. The zero-order chi connectivity index (χ0) is 16.2. The summed E-state index contributed by atoms with van der Waals surface area (Å²) in [7, 11) is 1.87. The minimum Gasteiger partial charge on any atom is -0.370 e. The molecule has 0 radical (unpaired) electrons. The molecule has 2 heterocycles. The number of carbonyl (C=O) groups excluding carboxylic acids is 1. The van der Waals surface area contributed by atoms with E-state index in [-0.39, 0.29) is 12.0 Å². The number of amides is 1. The van der Waals surface area contributed by atoms with Gasteiger partial charge >= 0.3 is 0 Å². The standard InChI is InChI=1S/C17H22N4O2/c1-20-11-14(10-19-20)16-12-21(7-8-23-16)17(22)15(18)9-13-5-3-2-4-6-13/h2-6,10-11,15-16H,7-9,12,18H2,1H3. The molecular formula is C17H22N4O2. The Kier molecular flexibility index (Phi) is 4.73. The van der Waals surface area contributed by atoms with E-state index in [4.69, 9.17) is 10.5 Å². The molecule has 1 aromatic carbocycles. The number of nitrogens with two attached hydrogens (primary N) is 1. The average Bonchev–Trinajstić information content (AvgIpc) is 3.02. The van der Waals surface area contributed by atoms with Gasteiger partial charge in [0.1, 0.15) is 6.10 Å². The molecular weight excluding hydrogens is 292 g/mol. The lowest BCUT2D eigenvalue weighted by Crippen LogP contribution is -2.50. The van der Waals surface area contributed by atoms with Crippen LogP contribution in [-0.4, -0.2) is 46.3 Å². The largest absolute Gasteiger partial charge is 0.370 e. The van der Waals surface area contributed by atoms with Crippen LogP contribution in [-0.2, 0) is 23.0 Å². The topological polar surface area (TPSA) is 73.4 Å². The fourth-order valence-electron chi connectivity index (χ4n) is 2.85. The SMILES string of the molecule is Cn1cc(C2CN(C(=O)C(N)Cc3ccccc3)CCO2)cn1. The Balaban J connectivity index is 1.62. The predicted molar refractivity (Wildman–Crippen MR) is 86.6 cm³/mol. The number of hydrogen-bond donors (Lipinski definition) is 1. The van der Waals surface area contributed by atoms with E-state index in [9.17, 15) is 4.79 Å². The molecule has 1 aromatic heterocycles. The Morgan fingerprint density at radius 1 is 1.43 bits per heavy atom. The van der Waals surface area contributed by atoms with E-state index in [1.54, 1.807) is 15.8 Å². The molecule has 2 unspecified atom stereocenters. The van der Waals surface area contributed by atoms with Crippen LogP contribution in [0.4, 0.5) is 0 Å². The van der Waals surface area contributed by atoms with Gasteiger partial charge in [0.05, 0.1) is 25.4 Å². The second kappa shape index (κ2) is 6.93. The van der Waals surface area contributed by atoms with Crippen molar-refractivity contribution in [3.63, 3.8) is 0 Å². The highest BCUT2D eigenvalue weighted by Crippen LogP contribution is 2.22. The maximum absolute atomic E-state index is 12.6. The molecule has 122 valence electrons. The summed E-state index contributed by atoms with van der Waals surface area (Å²) in [5.41, 5.74) is 8.18. The first kappa shape index (κ1) is 15.7. The van der Waals surface area contributed by atoms with Crippen molar-refractivity contribution in [1.29, 1.82) is 0 Å². The first-order valence-corrected chi connectivity index (χ1v) is 7.82.